The van der Waals surface area contributed by atoms with Gasteiger partial charge in [0.1, 0.15) is 5.82 Å². The van der Waals surface area contributed by atoms with Crippen molar-refractivity contribution >= 4 is 23.2 Å². The Balaban J connectivity index is 0.00000161. The standard InChI is InChI=1S/C18H16FN.ClH/c19-17-9-5-13(6-10-17)11-18(20)16-8-7-14-3-1-2-4-15(14)12-16;/h1-10,12,18H,11,20H2;1H. The van der Waals surface area contributed by atoms with Gasteiger partial charge in [-0.15, -0.1) is 12.4 Å². The summed E-state index contributed by atoms with van der Waals surface area (Å²) in [4.78, 5) is 0. The Morgan fingerprint density at radius 3 is 2.24 bits per heavy atom. The Labute approximate surface area is 130 Å². The Morgan fingerprint density at radius 1 is 0.857 bits per heavy atom. The lowest BCUT2D eigenvalue weighted by Crippen LogP contribution is -2.13. The third-order valence-corrected chi connectivity index (χ3v) is 3.57. The summed E-state index contributed by atoms with van der Waals surface area (Å²) < 4.78 is 12.9. The van der Waals surface area contributed by atoms with Gasteiger partial charge in [-0.05, 0) is 46.5 Å². The van der Waals surface area contributed by atoms with Gasteiger partial charge in [0.15, 0.2) is 0 Å². The van der Waals surface area contributed by atoms with Crippen LogP contribution in [0.5, 0.6) is 0 Å². The molecule has 1 atom stereocenters. The minimum atomic E-state index is -0.215. The predicted molar refractivity (Wildman–Crippen MR) is 88.2 cm³/mol. The zero-order valence-corrected chi connectivity index (χ0v) is 12.3. The van der Waals surface area contributed by atoms with Crippen LogP contribution in [-0.2, 0) is 6.42 Å². The monoisotopic (exact) mass is 301 g/mol. The van der Waals surface area contributed by atoms with E-state index >= 15 is 0 Å². The van der Waals surface area contributed by atoms with E-state index in [1.54, 1.807) is 12.1 Å². The van der Waals surface area contributed by atoms with Crippen LogP contribution < -0.4 is 5.73 Å². The third-order valence-electron chi connectivity index (χ3n) is 3.57. The second kappa shape index (κ2) is 6.70. The van der Waals surface area contributed by atoms with E-state index in [1.807, 2.05) is 12.1 Å². The smallest absolute Gasteiger partial charge is 0.123 e. The van der Waals surface area contributed by atoms with Gasteiger partial charge in [-0.3, -0.25) is 0 Å². The minimum absolute atomic E-state index is 0. The number of fused-ring (bicyclic) bond motifs is 1. The Kier molecular flexibility index (Phi) is 4.94. The molecule has 1 nitrogen and oxygen atoms in total. The summed E-state index contributed by atoms with van der Waals surface area (Å²) in [6.45, 7) is 0. The molecular formula is C18H17ClFN. The van der Waals surface area contributed by atoms with Gasteiger partial charge in [0.2, 0.25) is 0 Å². The molecular weight excluding hydrogens is 285 g/mol. The van der Waals surface area contributed by atoms with Crippen molar-refractivity contribution in [3.63, 3.8) is 0 Å². The summed E-state index contributed by atoms with van der Waals surface area (Å²) in [6, 6.07) is 21.0. The van der Waals surface area contributed by atoms with Crippen LogP contribution in [0.1, 0.15) is 17.2 Å². The lowest BCUT2D eigenvalue weighted by molar-refractivity contribution is 0.625. The summed E-state index contributed by atoms with van der Waals surface area (Å²) in [7, 11) is 0. The van der Waals surface area contributed by atoms with Crippen molar-refractivity contribution in [2.75, 3.05) is 0 Å². The van der Waals surface area contributed by atoms with Gasteiger partial charge in [0.05, 0.1) is 0 Å². The van der Waals surface area contributed by atoms with E-state index in [9.17, 15) is 4.39 Å². The molecule has 3 aromatic rings. The van der Waals surface area contributed by atoms with Crippen LogP contribution >= 0.6 is 12.4 Å². The molecule has 21 heavy (non-hydrogen) atoms. The molecule has 0 fully saturated rings. The van der Waals surface area contributed by atoms with Crippen LogP contribution in [0.25, 0.3) is 10.8 Å². The lowest BCUT2D eigenvalue weighted by Gasteiger charge is -2.13. The molecule has 0 aliphatic heterocycles. The highest BCUT2D eigenvalue weighted by Gasteiger charge is 2.08. The molecule has 2 N–H and O–H groups in total. The molecule has 1 unspecified atom stereocenters. The van der Waals surface area contributed by atoms with Crippen LogP contribution in [0, 0.1) is 5.82 Å². The Morgan fingerprint density at radius 2 is 1.52 bits per heavy atom. The Bertz CT molecular complexity index is 725. The van der Waals surface area contributed by atoms with E-state index in [0.29, 0.717) is 6.42 Å². The molecule has 0 amide bonds. The number of benzene rings is 3. The van der Waals surface area contributed by atoms with E-state index < -0.39 is 0 Å². The maximum Gasteiger partial charge on any atom is 0.123 e. The van der Waals surface area contributed by atoms with E-state index in [1.165, 1.54) is 22.9 Å². The van der Waals surface area contributed by atoms with Crippen molar-refractivity contribution < 1.29 is 4.39 Å². The first-order valence-corrected chi connectivity index (χ1v) is 6.71. The average Bonchev–Trinajstić information content (AvgIpc) is 2.49. The molecule has 0 aromatic heterocycles. The fourth-order valence-electron chi connectivity index (χ4n) is 2.43. The number of nitrogens with two attached hydrogens (primary N) is 1. The van der Waals surface area contributed by atoms with Crippen molar-refractivity contribution in [3.05, 3.63) is 83.7 Å². The highest BCUT2D eigenvalue weighted by Crippen LogP contribution is 2.21. The number of rotatable bonds is 3. The normalized spacial score (nSPS) is 11.9. The molecule has 108 valence electrons. The molecule has 0 aliphatic carbocycles. The van der Waals surface area contributed by atoms with Crippen molar-refractivity contribution in [1.29, 1.82) is 0 Å². The first-order valence-electron chi connectivity index (χ1n) is 6.71. The second-order valence-electron chi connectivity index (χ2n) is 5.04. The van der Waals surface area contributed by atoms with Crippen molar-refractivity contribution in [2.45, 2.75) is 12.5 Å². The maximum absolute atomic E-state index is 12.9. The molecule has 0 heterocycles. The van der Waals surface area contributed by atoms with Crippen LogP contribution in [0.3, 0.4) is 0 Å². The number of hydrogen-bond acceptors (Lipinski definition) is 1. The first-order chi connectivity index (χ1) is 9.72. The molecule has 0 aliphatic rings. The number of halogens is 2. The molecule has 0 spiro atoms. The largest absolute Gasteiger partial charge is 0.324 e. The summed E-state index contributed by atoms with van der Waals surface area (Å²) in [5, 5.41) is 2.41. The van der Waals surface area contributed by atoms with Gasteiger partial charge in [-0.2, -0.15) is 0 Å². The van der Waals surface area contributed by atoms with E-state index in [0.717, 1.165) is 11.1 Å². The van der Waals surface area contributed by atoms with E-state index in [-0.39, 0.29) is 24.3 Å². The molecule has 0 radical (unpaired) electrons. The summed E-state index contributed by atoms with van der Waals surface area (Å²) in [5.41, 5.74) is 8.42. The third kappa shape index (κ3) is 3.60. The Hall–Kier alpha value is -1.90. The zero-order valence-electron chi connectivity index (χ0n) is 11.5. The van der Waals surface area contributed by atoms with Gasteiger partial charge in [0.25, 0.3) is 0 Å². The molecule has 3 aromatic carbocycles. The molecule has 3 heteroatoms. The topological polar surface area (TPSA) is 26.0 Å². The molecule has 3 rings (SSSR count). The van der Waals surface area contributed by atoms with Gasteiger partial charge < -0.3 is 5.73 Å². The van der Waals surface area contributed by atoms with Gasteiger partial charge >= 0.3 is 0 Å². The number of hydrogen-bond donors (Lipinski definition) is 1. The highest BCUT2D eigenvalue weighted by atomic mass is 35.5. The second-order valence-corrected chi connectivity index (χ2v) is 5.04. The van der Waals surface area contributed by atoms with Crippen molar-refractivity contribution in [2.24, 2.45) is 5.73 Å². The van der Waals surface area contributed by atoms with Crippen LogP contribution in [0.15, 0.2) is 66.7 Å². The van der Waals surface area contributed by atoms with Crippen LogP contribution in [-0.4, -0.2) is 0 Å². The summed E-state index contributed by atoms with van der Waals surface area (Å²) >= 11 is 0. The fraction of sp³-hybridized carbons (Fsp3) is 0.111. The average molecular weight is 302 g/mol. The molecule has 0 saturated heterocycles. The summed E-state index contributed by atoms with van der Waals surface area (Å²) in [6.07, 6.45) is 0.707. The van der Waals surface area contributed by atoms with E-state index in [4.69, 9.17) is 5.73 Å². The lowest BCUT2D eigenvalue weighted by atomic mass is 9.97. The minimum Gasteiger partial charge on any atom is -0.324 e. The zero-order chi connectivity index (χ0) is 13.9. The van der Waals surface area contributed by atoms with Crippen LogP contribution in [0.2, 0.25) is 0 Å². The quantitative estimate of drug-likeness (QED) is 0.749. The van der Waals surface area contributed by atoms with E-state index in [2.05, 4.69) is 30.3 Å². The maximum atomic E-state index is 12.9. The molecule has 0 bridgehead atoms. The van der Waals surface area contributed by atoms with Gasteiger partial charge in [0, 0.05) is 6.04 Å². The first kappa shape index (κ1) is 15.5. The van der Waals surface area contributed by atoms with Crippen LogP contribution in [0.4, 0.5) is 4.39 Å². The highest BCUT2D eigenvalue weighted by molar-refractivity contribution is 5.85. The fourth-order valence-corrected chi connectivity index (χ4v) is 2.43. The SMILES string of the molecule is Cl.NC(Cc1ccc(F)cc1)c1ccc2ccccc2c1. The summed E-state index contributed by atoms with van der Waals surface area (Å²) in [5.74, 6) is -0.215. The van der Waals surface area contributed by atoms with Crippen molar-refractivity contribution in [3.8, 4) is 0 Å². The van der Waals surface area contributed by atoms with Crippen molar-refractivity contribution in [1.82, 2.24) is 0 Å². The van der Waals surface area contributed by atoms with Gasteiger partial charge in [-0.1, -0.05) is 48.5 Å². The molecule has 0 saturated carbocycles. The van der Waals surface area contributed by atoms with Gasteiger partial charge in [-0.25, -0.2) is 4.39 Å². The predicted octanol–water partition coefficient (Wildman–Crippen LogP) is 4.64.